The third-order valence-corrected chi connectivity index (χ3v) is 9.62. The minimum absolute atomic E-state index is 0.0855. The molecule has 0 aromatic heterocycles. The van der Waals surface area contributed by atoms with Gasteiger partial charge in [0.2, 0.25) is 5.79 Å². The molecule has 0 aromatic carbocycles. The molecular weight excluding hydrogens is 372 g/mol. The summed E-state index contributed by atoms with van der Waals surface area (Å²) in [6, 6.07) is 0. The van der Waals surface area contributed by atoms with Crippen LogP contribution in [-0.2, 0) is 19.0 Å². The zero-order valence-electron chi connectivity index (χ0n) is 17.7. The average Bonchev–Trinajstić information content (AvgIpc) is 2.75. The van der Waals surface area contributed by atoms with Crippen LogP contribution in [0.2, 0.25) is 0 Å². The number of Topliss-reactive ketones (excluding diaryl/α,β-unsaturated/α-hetero) is 1. The second kappa shape index (κ2) is 4.99. The third kappa shape index (κ3) is 1.69. The molecule has 2 N–H and O–H groups in total. The maximum absolute atomic E-state index is 13.9. The molecule has 160 valence electrons. The van der Waals surface area contributed by atoms with Crippen LogP contribution in [0.4, 0.5) is 0 Å². The largest absolute Gasteiger partial charge is 0.392 e. The molecule has 29 heavy (non-hydrogen) atoms. The van der Waals surface area contributed by atoms with Crippen molar-refractivity contribution in [3.05, 3.63) is 12.2 Å². The highest BCUT2D eigenvalue weighted by atomic mass is 16.8. The predicted octanol–water partition coefficient (Wildman–Crippen LogP) is 2.17. The van der Waals surface area contributed by atoms with E-state index < -0.39 is 40.7 Å². The van der Waals surface area contributed by atoms with Crippen molar-refractivity contribution in [1.29, 1.82) is 0 Å². The first-order valence-electron chi connectivity index (χ1n) is 11.1. The summed E-state index contributed by atoms with van der Waals surface area (Å²) < 4.78 is 19.3. The molecular formula is C23H32O6. The Morgan fingerprint density at radius 3 is 2.55 bits per heavy atom. The molecule has 3 heterocycles. The Morgan fingerprint density at radius 2 is 1.83 bits per heavy atom. The summed E-state index contributed by atoms with van der Waals surface area (Å²) in [6.45, 7) is 12.4. The molecule has 9 atom stereocenters. The first-order valence-corrected chi connectivity index (χ1v) is 11.1. The van der Waals surface area contributed by atoms with Crippen molar-refractivity contribution in [3.63, 3.8) is 0 Å². The van der Waals surface area contributed by atoms with Crippen LogP contribution in [0, 0.1) is 34.0 Å². The van der Waals surface area contributed by atoms with Crippen LogP contribution < -0.4 is 0 Å². The van der Waals surface area contributed by atoms with Crippen LogP contribution in [0.5, 0.6) is 0 Å². The van der Waals surface area contributed by atoms with Gasteiger partial charge in [0, 0.05) is 17.3 Å². The normalized spacial score (nSPS) is 58.7. The summed E-state index contributed by atoms with van der Waals surface area (Å²) in [7, 11) is 0. The first kappa shape index (κ1) is 18.9. The average molecular weight is 405 g/mol. The lowest BCUT2D eigenvalue weighted by molar-refractivity contribution is -0.534. The number of aliphatic hydroxyl groups excluding tert-OH is 2. The van der Waals surface area contributed by atoms with Gasteiger partial charge in [-0.25, -0.2) is 0 Å². The second-order valence-corrected chi connectivity index (χ2v) is 11.5. The van der Waals surface area contributed by atoms with Gasteiger partial charge in [0.05, 0.1) is 18.8 Å². The Kier molecular flexibility index (Phi) is 3.26. The van der Waals surface area contributed by atoms with Gasteiger partial charge in [0.1, 0.15) is 11.5 Å². The minimum Gasteiger partial charge on any atom is -0.392 e. The number of fused-ring (bicyclic) bond motifs is 1. The van der Waals surface area contributed by atoms with E-state index in [1.165, 1.54) is 0 Å². The standard InChI is InChI=1S/C23H32O6/c1-11-12-6-7-13-21-10-27-23(17(26)15(21)19(2,3)9-8-14(21)24)22(13,16(11)25)18(12)28-20(4,5)29-23/h12-15,17-18,24,26H,1,6-10H2,2-5H3/t12-,13?,14-,15?,17-,18?,21+,22-,23-/m0/s1. The van der Waals surface area contributed by atoms with Crippen molar-refractivity contribution < 1.29 is 29.2 Å². The van der Waals surface area contributed by atoms with Gasteiger partial charge in [-0.15, -0.1) is 0 Å². The lowest BCUT2D eigenvalue weighted by Gasteiger charge is -2.77. The van der Waals surface area contributed by atoms with E-state index in [9.17, 15) is 15.0 Å². The van der Waals surface area contributed by atoms with E-state index in [4.69, 9.17) is 14.2 Å². The van der Waals surface area contributed by atoms with E-state index in [1.807, 2.05) is 13.8 Å². The SMILES string of the molecule is C=C1C(=O)[C@@]23C4OC(C)(C)O[C@]25OC[C@@]2(C([C@@H]5O)C(C)(C)CC[C@@H]2O)C3CC[C@@H]14. The second-order valence-electron chi connectivity index (χ2n) is 11.5. The van der Waals surface area contributed by atoms with Gasteiger partial charge in [-0.05, 0) is 56.4 Å². The van der Waals surface area contributed by atoms with Crippen LogP contribution in [0.15, 0.2) is 12.2 Å². The number of rotatable bonds is 0. The molecule has 7 aliphatic rings. The smallest absolute Gasteiger partial charge is 0.213 e. The van der Waals surface area contributed by atoms with Crippen molar-refractivity contribution in [2.75, 3.05) is 6.61 Å². The van der Waals surface area contributed by atoms with Gasteiger partial charge < -0.3 is 24.4 Å². The number of carbonyl (C=O) groups excluding carboxylic acids is 1. The zero-order chi connectivity index (χ0) is 20.8. The highest BCUT2D eigenvalue weighted by molar-refractivity contribution is 6.05. The fourth-order valence-corrected chi connectivity index (χ4v) is 8.88. The lowest BCUT2D eigenvalue weighted by Crippen LogP contribution is -2.88. The molecule has 0 aromatic rings. The molecule has 7 rings (SSSR count). The zero-order valence-corrected chi connectivity index (χ0v) is 17.7. The number of carbonyl (C=O) groups is 1. The van der Waals surface area contributed by atoms with E-state index in [0.717, 1.165) is 19.3 Å². The quantitative estimate of drug-likeness (QED) is 0.602. The molecule has 0 amide bonds. The van der Waals surface area contributed by atoms with Crippen molar-refractivity contribution >= 4 is 5.78 Å². The molecule has 6 heteroatoms. The maximum Gasteiger partial charge on any atom is 0.213 e. The van der Waals surface area contributed by atoms with E-state index in [-0.39, 0.29) is 29.0 Å². The number of hydrogen-bond donors (Lipinski definition) is 2. The van der Waals surface area contributed by atoms with Gasteiger partial charge >= 0.3 is 0 Å². The topological polar surface area (TPSA) is 85.2 Å². The van der Waals surface area contributed by atoms with Crippen LogP contribution >= 0.6 is 0 Å². The van der Waals surface area contributed by atoms with E-state index in [0.29, 0.717) is 18.6 Å². The van der Waals surface area contributed by atoms with E-state index >= 15 is 0 Å². The van der Waals surface area contributed by atoms with Crippen LogP contribution in [0.3, 0.4) is 0 Å². The van der Waals surface area contributed by atoms with Gasteiger partial charge in [0.25, 0.3) is 0 Å². The highest BCUT2D eigenvalue weighted by Gasteiger charge is 2.89. The molecule has 6 nitrogen and oxygen atoms in total. The number of ether oxygens (including phenoxy) is 3. The van der Waals surface area contributed by atoms with E-state index in [2.05, 4.69) is 20.4 Å². The Morgan fingerprint density at radius 1 is 1.10 bits per heavy atom. The summed E-state index contributed by atoms with van der Waals surface area (Å²) in [5.74, 6) is -2.99. The molecule has 0 radical (unpaired) electrons. The molecule has 3 aliphatic heterocycles. The Bertz CT molecular complexity index is 833. The number of hydrogen-bond acceptors (Lipinski definition) is 6. The van der Waals surface area contributed by atoms with Crippen molar-refractivity contribution in [2.24, 2.45) is 34.0 Å². The number of ketones is 1. The van der Waals surface area contributed by atoms with Gasteiger partial charge in [-0.2, -0.15) is 0 Å². The summed E-state index contributed by atoms with van der Waals surface area (Å²) in [4.78, 5) is 13.9. The molecule has 3 spiro atoms. The molecule has 3 saturated heterocycles. The Balaban J connectivity index is 1.68. The lowest BCUT2D eigenvalue weighted by atomic mass is 9.35. The Labute approximate surface area is 171 Å². The van der Waals surface area contributed by atoms with Gasteiger partial charge in [-0.3, -0.25) is 4.79 Å². The highest BCUT2D eigenvalue weighted by Crippen LogP contribution is 2.79. The molecule has 4 saturated carbocycles. The first-order chi connectivity index (χ1) is 13.5. The van der Waals surface area contributed by atoms with Crippen molar-refractivity contribution in [1.82, 2.24) is 0 Å². The minimum atomic E-state index is -1.46. The van der Waals surface area contributed by atoms with Gasteiger partial charge in [0.15, 0.2) is 11.6 Å². The van der Waals surface area contributed by atoms with Crippen LogP contribution in [0.25, 0.3) is 0 Å². The molecule has 7 fully saturated rings. The monoisotopic (exact) mass is 404 g/mol. The maximum atomic E-state index is 13.9. The summed E-state index contributed by atoms with van der Waals surface area (Å²) in [5, 5.41) is 23.3. The van der Waals surface area contributed by atoms with E-state index in [1.54, 1.807) is 0 Å². The summed E-state index contributed by atoms with van der Waals surface area (Å²) >= 11 is 0. The van der Waals surface area contributed by atoms with Crippen LogP contribution in [-0.4, -0.2) is 52.5 Å². The molecule has 4 bridgehead atoms. The Hall–Kier alpha value is -0.790. The van der Waals surface area contributed by atoms with Crippen molar-refractivity contribution in [2.45, 2.75) is 83.3 Å². The van der Waals surface area contributed by atoms with Gasteiger partial charge in [-0.1, -0.05) is 20.4 Å². The summed E-state index contributed by atoms with van der Waals surface area (Å²) in [6.07, 6.45) is 0.996. The third-order valence-electron chi connectivity index (χ3n) is 9.62. The molecule has 4 aliphatic carbocycles. The molecule has 3 unspecified atom stereocenters. The number of aliphatic hydroxyl groups is 2. The fourth-order valence-electron chi connectivity index (χ4n) is 8.88. The van der Waals surface area contributed by atoms with Crippen LogP contribution in [0.1, 0.15) is 53.4 Å². The fraction of sp³-hybridized carbons (Fsp3) is 0.870. The van der Waals surface area contributed by atoms with Crippen molar-refractivity contribution in [3.8, 4) is 0 Å². The predicted molar refractivity (Wildman–Crippen MR) is 102 cm³/mol. The summed E-state index contributed by atoms with van der Waals surface area (Å²) in [5.41, 5.74) is -1.45.